The Morgan fingerprint density at radius 3 is 2.53 bits per heavy atom. The number of non-ortho nitro benzene ring substituents is 1. The standard InChI is InChI=1S/C33H27N3O8S/c1-4-15-43-32(40)30-20(3)34-33(45-30)35-27(23-9-6-10-24(17-23)36(41)42)26(29(38)31(35)39)28(37)22-11-13-25(14-12-22)44-18-21-8-5-7-19(2)16-21/h4-14,16-17,27,37H,1,15,18H2,2-3H3. The van der Waals surface area contributed by atoms with Crippen molar-refractivity contribution in [2.24, 2.45) is 0 Å². The maximum absolute atomic E-state index is 13.5. The molecule has 1 saturated heterocycles. The fourth-order valence-electron chi connectivity index (χ4n) is 4.86. The molecule has 1 atom stereocenters. The second kappa shape index (κ2) is 12.9. The molecule has 228 valence electrons. The summed E-state index contributed by atoms with van der Waals surface area (Å²) in [4.78, 5) is 56.2. The van der Waals surface area contributed by atoms with Gasteiger partial charge in [-0.05, 0) is 49.2 Å². The molecule has 5 rings (SSSR count). The molecule has 0 saturated carbocycles. The number of nitro benzene ring substituents is 1. The van der Waals surface area contributed by atoms with Crippen LogP contribution in [0.2, 0.25) is 0 Å². The van der Waals surface area contributed by atoms with Crippen molar-refractivity contribution in [3.8, 4) is 5.75 Å². The van der Waals surface area contributed by atoms with Crippen molar-refractivity contribution in [1.29, 1.82) is 0 Å². The average Bonchev–Trinajstić information content (AvgIpc) is 3.54. The minimum atomic E-state index is -1.29. The van der Waals surface area contributed by atoms with Crippen molar-refractivity contribution >= 4 is 45.6 Å². The van der Waals surface area contributed by atoms with E-state index in [-0.39, 0.29) is 44.7 Å². The van der Waals surface area contributed by atoms with Crippen LogP contribution in [0.4, 0.5) is 10.8 Å². The Balaban J connectivity index is 1.55. The van der Waals surface area contributed by atoms with E-state index in [4.69, 9.17) is 9.47 Å². The first kappa shape index (κ1) is 30.8. The van der Waals surface area contributed by atoms with Gasteiger partial charge in [0.05, 0.1) is 22.2 Å². The van der Waals surface area contributed by atoms with Gasteiger partial charge in [-0.15, -0.1) is 0 Å². The Kier molecular flexibility index (Phi) is 8.86. The number of aromatic nitrogens is 1. The maximum Gasteiger partial charge on any atom is 0.350 e. The number of carbonyl (C=O) groups is 3. The molecule has 2 heterocycles. The number of carbonyl (C=O) groups excluding carboxylic acids is 3. The largest absolute Gasteiger partial charge is 0.507 e. The molecule has 12 heteroatoms. The van der Waals surface area contributed by atoms with Crippen molar-refractivity contribution in [1.82, 2.24) is 4.98 Å². The second-order valence-corrected chi connectivity index (χ2v) is 11.1. The first-order chi connectivity index (χ1) is 21.6. The Hall–Kier alpha value is -5.62. The van der Waals surface area contributed by atoms with E-state index in [9.17, 15) is 29.6 Å². The van der Waals surface area contributed by atoms with Gasteiger partial charge in [0.25, 0.3) is 11.5 Å². The second-order valence-electron chi connectivity index (χ2n) is 10.1. The average molecular weight is 626 g/mol. The first-order valence-electron chi connectivity index (χ1n) is 13.7. The van der Waals surface area contributed by atoms with E-state index >= 15 is 0 Å². The van der Waals surface area contributed by atoms with Crippen molar-refractivity contribution in [3.63, 3.8) is 0 Å². The molecule has 0 bridgehead atoms. The molecule has 1 amide bonds. The van der Waals surface area contributed by atoms with Crippen LogP contribution >= 0.6 is 11.3 Å². The number of esters is 1. The van der Waals surface area contributed by atoms with Crippen LogP contribution in [0.5, 0.6) is 5.75 Å². The topological polar surface area (TPSA) is 149 Å². The summed E-state index contributed by atoms with van der Waals surface area (Å²) in [5, 5.41) is 23.0. The minimum absolute atomic E-state index is 0.0180. The number of hydrogen-bond donors (Lipinski definition) is 1. The van der Waals surface area contributed by atoms with Crippen molar-refractivity contribution in [3.05, 3.63) is 134 Å². The van der Waals surface area contributed by atoms with Gasteiger partial charge in [0, 0.05) is 17.7 Å². The third-order valence-electron chi connectivity index (χ3n) is 6.97. The zero-order chi connectivity index (χ0) is 32.2. The number of aliphatic hydroxyl groups is 1. The molecule has 1 aromatic heterocycles. The highest BCUT2D eigenvalue weighted by atomic mass is 32.1. The van der Waals surface area contributed by atoms with E-state index < -0.39 is 34.4 Å². The van der Waals surface area contributed by atoms with E-state index in [1.54, 1.807) is 31.2 Å². The zero-order valence-corrected chi connectivity index (χ0v) is 25.1. The predicted octanol–water partition coefficient (Wildman–Crippen LogP) is 6.22. The van der Waals surface area contributed by atoms with Crippen LogP contribution in [-0.4, -0.2) is 39.3 Å². The lowest BCUT2D eigenvalue weighted by Crippen LogP contribution is -2.29. The van der Waals surface area contributed by atoms with E-state index in [1.807, 2.05) is 31.2 Å². The third kappa shape index (κ3) is 6.36. The summed E-state index contributed by atoms with van der Waals surface area (Å²) in [6.07, 6.45) is 1.40. The van der Waals surface area contributed by atoms with Crippen LogP contribution in [-0.2, 0) is 20.9 Å². The minimum Gasteiger partial charge on any atom is -0.507 e. The summed E-state index contributed by atoms with van der Waals surface area (Å²) in [5.41, 5.74) is 2.17. The quantitative estimate of drug-likeness (QED) is 0.0412. The monoisotopic (exact) mass is 625 g/mol. The number of ketones is 1. The highest BCUT2D eigenvalue weighted by molar-refractivity contribution is 7.17. The molecule has 11 nitrogen and oxygen atoms in total. The molecule has 1 unspecified atom stereocenters. The number of hydrogen-bond acceptors (Lipinski definition) is 10. The van der Waals surface area contributed by atoms with Crippen LogP contribution in [0.3, 0.4) is 0 Å². The molecule has 4 aromatic rings. The number of nitrogens with zero attached hydrogens (tertiary/aromatic N) is 3. The fraction of sp³-hybridized carbons (Fsp3) is 0.152. The van der Waals surface area contributed by atoms with Gasteiger partial charge >= 0.3 is 11.9 Å². The van der Waals surface area contributed by atoms with Crippen LogP contribution in [0.1, 0.15) is 43.7 Å². The Morgan fingerprint density at radius 2 is 1.84 bits per heavy atom. The van der Waals surface area contributed by atoms with Gasteiger partial charge in [-0.1, -0.05) is 66.0 Å². The number of rotatable bonds is 10. The lowest BCUT2D eigenvalue weighted by molar-refractivity contribution is -0.384. The first-order valence-corrected chi connectivity index (χ1v) is 14.5. The third-order valence-corrected chi connectivity index (χ3v) is 8.10. The molecule has 0 radical (unpaired) electrons. The number of nitro groups is 1. The molecule has 1 N–H and O–H groups in total. The summed E-state index contributed by atoms with van der Waals surface area (Å²) < 4.78 is 11.0. The molecule has 1 aliphatic rings. The number of anilines is 1. The van der Waals surface area contributed by atoms with Crippen LogP contribution in [0.25, 0.3) is 5.76 Å². The van der Waals surface area contributed by atoms with E-state index in [0.717, 1.165) is 27.4 Å². The highest BCUT2D eigenvalue weighted by Gasteiger charge is 2.48. The lowest BCUT2D eigenvalue weighted by atomic mass is 9.95. The Labute approximate surface area is 261 Å². The molecule has 0 spiro atoms. The molecule has 0 aliphatic carbocycles. The van der Waals surface area contributed by atoms with Gasteiger partial charge in [0.1, 0.15) is 29.6 Å². The van der Waals surface area contributed by atoms with Gasteiger partial charge < -0.3 is 14.6 Å². The van der Waals surface area contributed by atoms with Crippen LogP contribution < -0.4 is 9.64 Å². The molecular formula is C33H27N3O8S. The summed E-state index contributed by atoms with van der Waals surface area (Å²) >= 11 is 0.824. The van der Waals surface area contributed by atoms with Gasteiger partial charge in [-0.2, -0.15) is 0 Å². The molecule has 45 heavy (non-hydrogen) atoms. The molecular weight excluding hydrogens is 598 g/mol. The summed E-state index contributed by atoms with van der Waals surface area (Å²) in [7, 11) is 0. The highest BCUT2D eigenvalue weighted by Crippen LogP contribution is 2.44. The molecule has 1 aliphatic heterocycles. The molecule has 3 aromatic carbocycles. The summed E-state index contributed by atoms with van der Waals surface area (Å²) in [6.45, 7) is 7.32. The van der Waals surface area contributed by atoms with Crippen molar-refractivity contribution in [2.45, 2.75) is 26.5 Å². The smallest absolute Gasteiger partial charge is 0.350 e. The number of aliphatic hydroxyl groups excluding tert-OH is 1. The number of ether oxygens (including phenoxy) is 2. The molecule has 1 fully saturated rings. The number of amides is 1. The van der Waals surface area contributed by atoms with Crippen LogP contribution in [0.15, 0.2) is 91.0 Å². The summed E-state index contributed by atoms with van der Waals surface area (Å²) in [5.74, 6) is -2.71. The van der Waals surface area contributed by atoms with E-state index in [1.165, 1.54) is 30.3 Å². The normalized spacial score (nSPS) is 15.6. The van der Waals surface area contributed by atoms with Gasteiger partial charge in [0.15, 0.2) is 5.13 Å². The maximum atomic E-state index is 13.5. The predicted molar refractivity (Wildman–Crippen MR) is 167 cm³/mol. The SMILES string of the molecule is C=CCOC(=O)c1sc(N2C(=O)C(=O)C(=C(O)c3ccc(OCc4cccc(C)c4)cc3)C2c2cccc([N+](=O)[O-])c2)nc1C. The lowest BCUT2D eigenvalue weighted by Gasteiger charge is -2.22. The number of Topliss-reactive ketones (excluding diaryl/α,β-unsaturated/α-hetero) is 1. The van der Waals surface area contributed by atoms with E-state index in [2.05, 4.69) is 11.6 Å². The van der Waals surface area contributed by atoms with Crippen molar-refractivity contribution in [2.75, 3.05) is 11.5 Å². The van der Waals surface area contributed by atoms with Gasteiger partial charge in [-0.25, -0.2) is 9.78 Å². The van der Waals surface area contributed by atoms with Crippen LogP contribution in [0, 0.1) is 24.0 Å². The van der Waals surface area contributed by atoms with Crippen molar-refractivity contribution < 1.29 is 33.9 Å². The van der Waals surface area contributed by atoms with Gasteiger partial charge in [0.2, 0.25) is 0 Å². The Bertz CT molecular complexity index is 1860. The van der Waals surface area contributed by atoms with Gasteiger partial charge in [-0.3, -0.25) is 24.6 Å². The summed E-state index contributed by atoms with van der Waals surface area (Å²) in [6, 6.07) is 18.3. The Morgan fingerprint density at radius 1 is 1.11 bits per heavy atom. The number of benzene rings is 3. The number of thiazole rings is 1. The fourth-order valence-corrected chi connectivity index (χ4v) is 5.85. The number of aryl methyl sites for hydroxylation is 2. The van der Waals surface area contributed by atoms with E-state index in [0.29, 0.717) is 12.4 Å². The zero-order valence-electron chi connectivity index (χ0n) is 24.3.